The normalized spacial score (nSPS) is 21.7. The summed E-state index contributed by atoms with van der Waals surface area (Å²) < 4.78 is 14.9. The maximum absolute atomic E-state index is 14.3. The van der Waals surface area contributed by atoms with Crippen molar-refractivity contribution in [3.05, 3.63) is 21.3 Å². The van der Waals surface area contributed by atoms with Crippen LogP contribution in [0.15, 0.2) is 11.4 Å². The van der Waals surface area contributed by atoms with Crippen LogP contribution in [-0.2, 0) is 5.67 Å². The van der Waals surface area contributed by atoms with Crippen LogP contribution in [0.25, 0.3) is 0 Å². The molecule has 0 spiro atoms. The minimum atomic E-state index is -1.19. The van der Waals surface area contributed by atoms with Crippen molar-refractivity contribution in [2.24, 2.45) is 0 Å². The zero-order valence-corrected chi connectivity index (χ0v) is 8.72. The number of thiophene rings is 1. The van der Waals surface area contributed by atoms with E-state index in [1.165, 1.54) is 11.3 Å². The lowest BCUT2D eigenvalue weighted by molar-refractivity contribution is 0.116. The molecule has 1 nitrogen and oxygen atoms in total. The second kappa shape index (κ2) is 3.56. The van der Waals surface area contributed by atoms with Gasteiger partial charge in [0.05, 0.1) is 4.34 Å². The number of alkyl halides is 1. The monoisotopic (exact) mass is 219 g/mol. The topological polar surface area (TPSA) is 12.0 Å². The lowest BCUT2D eigenvalue weighted by atomic mass is 9.89. The molecule has 1 saturated heterocycles. The first-order chi connectivity index (χ1) is 6.22. The van der Waals surface area contributed by atoms with E-state index in [0.717, 1.165) is 13.1 Å². The Morgan fingerprint density at radius 2 is 2.15 bits per heavy atom. The summed E-state index contributed by atoms with van der Waals surface area (Å²) in [5.74, 6) is 0. The Kier molecular flexibility index (Phi) is 2.58. The van der Waals surface area contributed by atoms with E-state index in [2.05, 4.69) is 5.32 Å². The molecule has 13 heavy (non-hydrogen) atoms. The SMILES string of the molecule is FC1(c2ccsc2Cl)CCNCC1. The number of hydrogen-bond acceptors (Lipinski definition) is 2. The Bertz CT molecular complexity index is 294. The van der Waals surface area contributed by atoms with Crippen molar-refractivity contribution in [3.63, 3.8) is 0 Å². The Morgan fingerprint density at radius 3 is 2.69 bits per heavy atom. The first-order valence-corrected chi connectivity index (χ1v) is 5.61. The summed E-state index contributed by atoms with van der Waals surface area (Å²) in [6.45, 7) is 1.48. The predicted octanol–water partition coefficient (Wildman–Crippen LogP) is 2.95. The molecule has 0 saturated carbocycles. The van der Waals surface area contributed by atoms with Crippen molar-refractivity contribution >= 4 is 22.9 Å². The number of piperidine rings is 1. The molecule has 0 aromatic carbocycles. The molecule has 0 amide bonds. The quantitative estimate of drug-likeness (QED) is 0.766. The fourth-order valence-electron chi connectivity index (χ4n) is 1.71. The van der Waals surface area contributed by atoms with Gasteiger partial charge in [-0.3, -0.25) is 0 Å². The third kappa shape index (κ3) is 1.73. The third-order valence-electron chi connectivity index (χ3n) is 2.50. The van der Waals surface area contributed by atoms with Gasteiger partial charge >= 0.3 is 0 Å². The smallest absolute Gasteiger partial charge is 0.140 e. The summed E-state index contributed by atoms with van der Waals surface area (Å²) in [6.07, 6.45) is 1.06. The van der Waals surface area contributed by atoms with Crippen LogP contribution < -0.4 is 5.32 Å². The van der Waals surface area contributed by atoms with Gasteiger partial charge in [-0.1, -0.05) is 11.6 Å². The third-order valence-corrected chi connectivity index (χ3v) is 3.67. The molecular weight excluding hydrogens is 209 g/mol. The summed E-state index contributed by atoms with van der Waals surface area (Å²) in [6, 6.07) is 1.80. The summed E-state index contributed by atoms with van der Waals surface area (Å²) >= 11 is 7.32. The summed E-state index contributed by atoms with van der Waals surface area (Å²) in [5.41, 5.74) is -0.511. The van der Waals surface area contributed by atoms with Crippen LogP contribution in [0.3, 0.4) is 0 Å². The van der Waals surface area contributed by atoms with Crippen molar-refractivity contribution in [1.82, 2.24) is 5.32 Å². The maximum Gasteiger partial charge on any atom is 0.140 e. The molecule has 2 heterocycles. The van der Waals surface area contributed by atoms with E-state index >= 15 is 0 Å². The highest BCUT2D eigenvalue weighted by Crippen LogP contribution is 2.40. The van der Waals surface area contributed by atoms with Crippen LogP contribution in [0.5, 0.6) is 0 Å². The molecule has 2 rings (SSSR count). The Balaban J connectivity index is 2.27. The molecule has 72 valence electrons. The maximum atomic E-state index is 14.3. The highest BCUT2D eigenvalue weighted by atomic mass is 35.5. The van der Waals surface area contributed by atoms with Crippen molar-refractivity contribution < 1.29 is 4.39 Å². The molecule has 0 unspecified atom stereocenters. The van der Waals surface area contributed by atoms with Crippen LogP contribution in [0.4, 0.5) is 4.39 Å². The van der Waals surface area contributed by atoms with Gasteiger partial charge in [-0.2, -0.15) is 0 Å². The van der Waals surface area contributed by atoms with Crippen molar-refractivity contribution in [3.8, 4) is 0 Å². The predicted molar refractivity (Wildman–Crippen MR) is 54.2 cm³/mol. The standard InChI is InChI=1S/C9H11ClFNS/c10-8-7(1-6-13-8)9(11)2-4-12-5-3-9/h1,6,12H,2-5H2. The molecule has 1 aliphatic heterocycles. The summed E-state index contributed by atoms with van der Waals surface area (Å²) in [4.78, 5) is 0. The summed E-state index contributed by atoms with van der Waals surface area (Å²) in [5, 5.41) is 4.99. The first kappa shape index (κ1) is 9.44. The highest BCUT2D eigenvalue weighted by molar-refractivity contribution is 7.14. The molecule has 1 fully saturated rings. The van der Waals surface area contributed by atoms with E-state index in [0.29, 0.717) is 22.7 Å². The second-order valence-electron chi connectivity index (χ2n) is 3.32. The average Bonchev–Trinajstić information content (AvgIpc) is 2.53. The minimum Gasteiger partial charge on any atom is -0.316 e. The highest BCUT2D eigenvalue weighted by Gasteiger charge is 2.35. The molecule has 1 N–H and O–H groups in total. The molecular formula is C9H11ClFNS. The number of rotatable bonds is 1. The Labute approximate surface area is 85.9 Å². The van der Waals surface area contributed by atoms with Gasteiger partial charge in [-0.25, -0.2) is 4.39 Å². The molecule has 1 aliphatic rings. The van der Waals surface area contributed by atoms with Crippen LogP contribution in [0, 0.1) is 0 Å². The molecule has 0 atom stereocenters. The van der Waals surface area contributed by atoms with Crippen LogP contribution in [0.2, 0.25) is 4.34 Å². The first-order valence-electron chi connectivity index (χ1n) is 4.35. The molecule has 1 aromatic heterocycles. The van der Waals surface area contributed by atoms with Gasteiger partial charge in [0.25, 0.3) is 0 Å². The van der Waals surface area contributed by atoms with Gasteiger partial charge < -0.3 is 5.32 Å². The number of hydrogen-bond donors (Lipinski definition) is 1. The van der Waals surface area contributed by atoms with Crippen molar-refractivity contribution in [1.29, 1.82) is 0 Å². The summed E-state index contributed by atoms with van der Waals surface area (Å²) in [7, 11) is 0. The fourth-order valence-corrected chi connectivity index (χ4v) is 2.80. The molecule has 1 aromatic rings. The van der Waals surface area contributed by atoms with E-state index in [1.54, 1.807) is 6.07 Å². The van der Waals surface area contributed by atoms with Gasteiger partial charge in [0.1, 0.15) is 5.67 Å². The lowest BCUT2D eigenvalue weighted by Crippen LogP contribution is -2.36. The largest absolute Gasteiger partial charge is 0.316 e. The zero-order valence-electron chi connectivity index (χ0n) is 7.15. The zero-order chi connectivity index (χ0) is 9.31. The Morgan fingerprint density at radius 1 is 1.46 bits per heavy atom. The van der Waals surface area contributed by atoms with E-state index in [4.69, 9.17) is 11.6 Å². The van der Waals surface area contributed by atoms with Gasteiger partial charge in [0.2, 0.25) is 0 Å². The fraction of sp³-hybridized carbons (Fsp3) is 0.556. The molecule has 0 aliphatic carbocycles. The van der Waals surface area contributed by atoms with Crippen molar-refractivity contribution in [2.75, 3.05) is 13.1 Å². The van der Waals surface area contributed by atoms with E-state index in [1.807, 2.05) is 5.38 Å². The van der Waals surface area contributed by atoms with Crippen molar-refractivity contribution in [2.45, 2.75) is 18.5 Å². The number of nitrogens with one attached hydrogen (secondary N) is 1. The average molecular weight is 220 g/mol. The Hall–Kier alpha value is -0.120. The van der Waals surface area contributed by atoms with Crippen LogP contribution >= 0.6 is 22.9 Å². The molecule has 0 bridgehead atoms. The van der Waals surface area contributed by atoms with Gasteiger partial charge in [-0.05, 0) is 37.4 Å². The second-order valence-corrected chi connectivity index (χ2v) is 4.84. The molecule has 0 radical (unpaired) electrons. The van der Waals surface area contributed by atoms with Gasteiger partial charge in [0.15, 0.2) is 0 Å². The molecule has 4 heteroatoms. The van der Waals surface area contributed by atoms with Gasteiger partial charge in [0, 0.05) is 5.56 Å². The van der Waals surface area contributed by atoms with Gasteiger partial charge in [-0.15, -0.1) is 11.3 Å². The lowest BCUT2D eigenvalue weighted by Gasteiger charge is -2.29. The van der Waals surface area contributed by atoms with Crippen LogP contribution in [-0.4, -0.2) is 13.1 Å². The van der Waals surface area contributed by atoms with E-state index in [-0.39, 0.29) is 0 Å². The van der Waals surface area contributed by atoms with E-state index < -0.39 is 5.67 Å². The van der Waals surface area contributed by atoms with Crippen LogP contribution in [0.1, 0.15) is 18.4 Å². The van der Waals surface area contributed by atoms with E-state index in [9.17, 15) is 4.39 Å². The number of halogens is 2. The minimum absolute atomic E-state index is 0.531.